The van der Waals surface area contributed by atoms with Gasteiger partial charge in [-0.3, -0.25) is 9.59 Å². The van der Waals surface area contributed by atoms with Gasteiger partial charge in [0, 0.05) is 73.2 Å². The minimum atomic E-state index is -0.389. The van der Waals surface area contributed by atoms with E-state index >= 15 is 0 Å². The molecule has 2 amide bonds. The first-order valence-electron chi connectivity index (χ1n) is 17.2. The van der Waals surface area contributed by atoms with Crippen molar-refractivity contribution in [3.05, 3.63) is 94.6 Å². The smallest absolute Gasteiger partial charge is 0.284 e. The lowest BCUT2D eigenvalue weighted by Crippen LogP contribution is -2.44. The van der Waals surface area contributed by atoms with Gasteiger partial charge in [-0.2, -0.15) is 0 Å². The summed E-state index contributed by atoms with van der Waals surface area (Å²) >= 11 is 4.60. The Bertz CT molecular complexity index is 2210. The minimum Gasteiger partial charge on any atom is -0.397 e. The second-order valence-corrected chi connectivity index (χ2v) is 15.4. The number of benzene rings is 2. The van der Waals surface area contributed by atoms with E-state index in [1.807, 2.05) is 53.2 Å². The van der Waals surface area contributed by atoms with Crippen LogP contribution in [0.15, 0.2) is 83.9 Å². The van der Waals surface area contributed by atoms with Crippen molar-refractivity contribution in [3.8, 4) is 20.9 Å². The molecule has 16 heteroatoms. The van der Waals surface area contributed by atoms with Crippen molar-refractivity contribution in [2.75, 3.05) is 83.8 Å². The molecular weight excluding hydrogens is 727 g/mol. The van der Waals surface area contributed by atoms with E-state index in [0.717, 1.165) is 95.4 Å². The third-order valence-electron chi connectivity index (χ3n) is 8.97. The van der Waals surface area contributed by atoms with Gasteiger partial charge in [0.25, 0.3) is 11.8 Å². The standard InChI is InChI=1S/C37H37N11O2S3/c38-26-5-3-24(16-28(26)45-35(49)30-19-42-33(20-41-30)47-11-7-39-8-12-47)32-18-25(22-52-32)44-27-6-4-23(31-2-1-15-51-31)17-29(27)46-36(50)37-43-21-34(53-37)48-13-9-40-10-14-48/h1-6,15-22,39-40,44H,7-14,38H2,(H,45,49)(H,46,50). The number of carbonyl (C=O) groups excluding carboxylic acids is 2. The van der Waals surface area contributed by atoms with Crippen molar-refractivity contribution in [1.29, 1.82) is 0 Å². The highest BCUT2D eigenvalue weighted by molar-refractivity contribution is 7.17. The van der Waals surface area contributed by atoms with Crippen LogP contribution in [-0.2, 0) is 0 Å². The number of thiazole rings is 1. The zero-order chi connectivity index (χ0) is 36.1. The molecule has 2 saturated heterocycles. The third-order valence-corrected chi connectivity index (χ3v) is 11.9. The molecule has 4 aromatic heterocycles. The molecule has 2 aliphatic rings. The molecule has 13 nitrogen and oxygen atoms in total. The highest BCUT2D eigenvalue weighted by atomic mass is 32.1. The topological polar surface area (TPSA) is 165 Å². The first-order chi connectivity index (χ1) is 26.0. The van der Waals surface area contributed by atoms with Crippen molar-refractivity contribution in [3.63, 3.8) is 0 Å². The van der Waals surface area contributed by atoms with Crippen LogP contribution in [0.2, 0.25) is 0 Å². The van der Waals surface area contributed by atoms with Gasteiger partial charge < -0.3 is 42.1 Å². The van der Waals surface area contributed by atoms with E-state index in [-0.39, 0.29) is 17.5 Å². The Kier molecular flexibility index (Phi) is 10.3. The lowest BCUT2D eigenvalue weighted by molar-refractivity contribution is 0.101. The molecule has 2 aromatic carbocycles. The van der Waals surface area contributed by atoms with Gasteiger partial charge in [-0.25, -0.2) is 15.0 Å². The summed E-state index contributed by atoms with van der Waals surface area (Å²) in [6, 6.07) is 17.7. The van der Waals surface area contributed by atoms with Crippen molar-refractivity contribution >= 4 is 85.1 Å². The molecule has 2 fully saturated rings. The maximum atomic E-state index is 13.5. The number of amides is 2. The van der Waals surface area contributed by atoms with Gasteiger partial charge in [-0.05, 0) is 52.9 Å². The van der Waals surface area contributed by atoms with E-state index in [2.05, 4.69) is 57.4 Å². The summed E-state index contributed by atoms with van der Waals surface area (Å²) in [6.45, 7) is 7.04. The van der Waals surface area contributed by atoms with Crippen LogP contribution in [0, 0.1) is 0 Å². The van der Waals surface area contributed by atoms with Crippen molar-refractivity contribution in [2.24, 2.45) is 0 Å². The maximum absolute atomic E-state index is 13.5. The molecule has 7 N–H and O–H groups in total. The number of nitrogens with one attached hydrogen (secondary N) is 5. The van der Waals surface area contributed by atoms with Crippen molar-refractivity contribution < 1.29 is 9.59 Å². The van der Waals surface area contributed by atoms with E-state index in [1.165, 1.54) is 17.5 Å². The van der Waals surface area contributed by atoms with Crippen LogP contribution < -0.4 is 42.1 Å². The highest BCUT2D eigenvalue weighted by Crippen LogP contribution is 2.38. The van der Waals surface area contributed by atoms with E-state index in [9.17, 15) is 9.59 Å². The first kappa shape index (κ1) is 34.7. The lowest BCUT2D eigenvalue weighted by atomic mass is 10.1. The van der Waals surface area contributed by atoms with E-state index in [0.29, 0.717) is 22.1 Å². The zero-order valence-electron chi connectivity index (χ0n) is 28.6. The van der Waals surface area contributed by atoms with Crippen LogP contribution in [0.1, 0.15) is 20.3 Å². The number of nitrogens with zero attached hydrogens (tertiary/aromatic N) is 5. The number of anilines is 7. The summed E-state index contributed by atoms with van der Waals surface area (Å²) in [5, 5.41) is 21.7. The van der Waals surface area contributed by atoms with Gasteiger partial charge in [-0.15, -0.1) is 22.7 Å². The van der Waals surface area contributed by atoms with Crippen LogP contribution in [0.3, 0.4) is 0 Å². The van der Waals surface area contributed by atoms with Crippen LogP contribution >= 0.6 is 34.0 Å². The van der Waals surface area contributed by atoms with Gasteiger partial charge in [-0.1, -0.05) is 29.5 Å². The quantitative estimate of drug-likeness (QED) is 0.0902. The number of thiophene rings is 2. The highest BCUT2D eigenvalue weighted by Gasteiger charge is 2.20. The van der Waals surface area contributed by atoms with Crippen molar-refractivity contribution in [1.82, 2.24) is 25.6 Å². The number of hydrogen-bond donors (Lipinski definition) is 6. The fourth-order valence-electron chi connectivity index (χ4n) is 6.14. The number of aromatic nitrogens is 3. The predicted octanol–water partition coefficient (Wildman–Crippen LogP) is 6.04. The lowest BCUT2D eigenvalue weighted by Gasteiger charge is -2.27. The molecule has 2 aliphatic heterocycles. The van der Waals surface area contributed by atoms with Gasteiger partial charge in [0.15, 0.2) is 5.01 Å². The molecular formula is C37H37N11O2S3. The number of nitrogens with two attached hydrogens (primary N) is 1. The number of piperazine rings is 2. The third kappa shape index (κ3) is 8.01. The van der Waals surface area contributed by atoms with Gasteiger partial charge in [0.05, 0.1) is 41.3 Å². The summed E-state index contributed by atoms with van der Waals surface area (Å²) in [7, 11) is 0. The molecule has 0 radical (unpaired) electrons. The fourth-order valence-corrected chi connectivity index (χ4v) is 8.57. The van der Waals surface area contributed by atoms with E-state index in [1.54, 1.807) is 41.1 Å². The van der Waals surface area contributed by atoms with Gasteiger partial charge in [0.1, 0.15) is 16.5 Å². The van der Waals surface area contributed by atoms with Crippen LogP contribution in [0.4, 0.5) is 39.3 Å². The molecule has 0 aliphatic carbocycles. The molecule has 6 heterocycles. The van der Waals surface area contributed by atoms with Crippen LogP contribution in [0.5, 0.6) is 0 Å². The molecule has 0 saturated carbocycles. The number of hydrogen-bond acceptors (Lipinski definition) is 14. The molecule has 6 aromatic rings. The Morgan fingerprint density at radius 1 is 0.717 bits per heavy atom. The normalized spacial score (nSPS) is 14.6. The SMILES string of the molecule is Nc1ccc(-c2cc(Nc3ccc(-c4cccs4)cc3NC(=O)c3ncc(N4CCNCC4)s3)cs2)cc1NC(=O)c1cnc(N2CCNCC2)cn1. The summed E-state index contributed by atoms with van der Waals surface area (Å²) in [6.07, 6.45) is 4.92. The molecule has 0 bridgehead atoms. The predicted molar refractivity (Wildman–Crippen MR) is 217 cm³/mol. The summed E-state index contributed by atoms with van der Waals surface area (Å²) in [4.78, 5) is 46.4. The minimum absolute atomic E-state index is 0.208. The van der Waals surface area contributed by atoms with Gasteiger partial charge in [0.2, 0.25) is 0 Å². The summed E-state index contributed by atoms with van der Waals surface area (Å²) in [5.41, 5.74) is 11.6. The first-order valence-corrected chi connectivity index (χ1v) is 19.8. The van der Waals surface area contributed by atoms with Crippen molar-refractivity contribution in [2.45, 2.75) is 0 Å². The maximum Gasteiger partial charge on any atom is 0.284 e. The second-order valence-electron chi connectivity index (χ2n) is 12.5. The molecule has 0 unspecified atom stereocenters. The van der Waals surface area contributed by atoms with Gasteiger partial charge >= 0.3 is 0 Å². The number of nitrogen functional groups attached to an aromatic ring is 1. The summed E-state index contributed by atoms with van der Waals surface area (Å²) in [5.74, 6) is 0.103. The van der Waals surface area contributed by atoms with Crippen LogP contribution in [-0.4, -0.2) is 79.1 Å². The zero-order valence-corrected chi connectivity index (χ0v) is 31.0. The fraction of sp³-hybridized carbons (Fsp3) is 0.216. The molecule has 270 valence electrons. The number of rotatable bonds is 10. The molecule has 0 atom stereocenters. The van der Waals surface area contributed by atoms with E-state index in [4.69, 9.17) is 5.73 Å². The monoisotopic (exact) mass is 763 g/mol. The molecule has 8 rings (SSSR count). The van der Waals surface area contributed by atoms with Crippen LogP contribution in [0.25, 0.3) is 20.9 Å². The summed E-state index contributed by atoms with van der Waals surface area (Å²) < 4.78 is 0. The largest absolute Gasteiger partial charge is 0.397 e. The Labute approximate surface area is 318 Å². The Hall–Kier alpha value is -5.39. The Morgan fingerprint density at radius 3 is 2.21 bits per heavy atom. The van der Waals surface area contributed by atoms with E-state index < -0.39 is 0 Å². The Balaban J connectivity index is 0.982. The average molecular weight is 764 g/mol. The number of carbonyl (C=O) groups is 2. The molecule has 53 heavy (non-hydrogen) atoms. The second kappa shape index (κ2) is 15.7. The average Bonchev–Trinajstić information content (AvgIpc) is 4.01. The molecule has 0 spiro atoms. The Morgan fingerprint density at radius 2 is 1.45 bits per heavy atom.